The summed E-state index contributed by atoms with van der Waals surface area (Å²) in [6.45, 7) is 20.0. The predicted octanol–water partition coefficient (Wildman–Crippen LogP) is 2.70. The van der Waals surface area contributed by atoms with Gasteiger partial charge >= 0.3 is 5.97 Å². The van der Waals surface area contributed by atoms with Crippen molar-refractivity contribution >= 4 is 5.97 Å². The van der Waals surface area contributed by atoms with Gasteiger partial charge in [0.25, 0.3) is 0 Å². The van der Waals surface area contributed by atoms with Gasteiger partial charge in [-0.3, -0.25) is 4.79 Å². The Labute approximate surface area is 342 Å². The third kappa shape index (κ3) is 12.5. The lowest BCUT2D eigenvalue weighted by molar-refractivity contribution is -0.318. The Morgan fingerprint density at radius 2 is 1.53 bits per heavy atom. The number of methoxy groups -OCH3 is 1. The van der Waals surface area contributed by atoms with Crippen molar-refractivity contribution in [3.8, 4) is 0 Å². The molecule has 0 aromatic carbocycles. The Bertz CT molecular complexity index is 1210. The van der Waals surface area contributed by atoms with E-state index in [0.717, 1.165) is 13.2 Å². The topological polar surface area (TPSA) is 189 Å². The van der Waals surface area contributed by atoms with Gasteiger partial charge in [0, 0.05) is 51.3 Å². The fourth-order valence-electron chi connectivity index (χ4n) is 9.25. The predicted molar refractivity (Wildman–Crippen MR) is 214 cm³/mol. The fraction of sp³-hybridized carbons (Fsp3) is 0.976. The van der Waals surface area contributed by atoms with Crippen molar-refractivity contribution in [3.05, 3.63) is 0 Å². The average Bonchev–Trinajstić information content (AvgIpc) is 3.73. The van der Waals surface area contributed by atoms with Crippen LogP contribution in [0.25, 0.3) is 0 Å². The van der Waals surface area contributed by atoms with Crippen LogP contribution in [0.2, 0.25) is 0 Å². The van der Waals surface area contributed by atoms with E-state index in [-0.39, 0.29) is 37.3 Å². The molecule has 4 aliphatic heterocycles. The van der Waals surface area contributed by atoms with Crippen LogP contribution in [0.5, 0.6) is 0 Å². The fourth-order valence-corrected chi connectivity index (χ4v) is 9.25. The minimum Gasteiger partial charge on any atom is -0.459 e. The summed E-state index contributed by atoms with van der Waals surface area (Å²) in [5.74, 6) is -2.58. The maximum Gasteiger partial charge on any atom is 0.311 e. The molecule has 15 nitrogen and oxygen atoms in total. The molecule has 336 valence electrons. The van der Waals surface area contributed by atoms with E-state index < -0.39 is 96.0 Å². The lowest BCUT2D eigenvalue weighted by Crippen LogP contribution is -2.60. The van der Waals surface area contributed by atoms with E-state index in [9.17, 15) is 30.3 Å². The average molecular weight is 821 g/mol. The lowest BCUT2D eigenvalue weighted by Gasteiger charge is -2.48. The standard InChI is InChI=1S/C38H72N2O12.C4H8O/c1-15-27-38(10,46)31(42)24(6)40(13)19-20(2)17-36(8,45)33(52-35-29(41)26(39(11)12)16-21(3)48-35)22(4)30(23(5)34(44)50-27)51-28-18-37(9,47-14)32(43)25(7)49-28;1-2-4-5-3-1/h20-33,35,41-43,45-46H,15-19H2,1-14H3;1-4H2/t20-,21-,22+,23-,24-,25+,26+,27-,28+,29-,30+,31-,32+,33-,35+,36-,37-,38-;/m1./s1. The molecule has 0 unspecified atom stereocenters. The smallest absolute Gasteiger partial charge is 0.311 e. The molecular weight excluding hydrogens is 740 g/mol. The van der Waals surface area contributed by atoms with Crippen molar-refractivity contribution in [2.45, 2.75) is 198 Å². The zero-order chi connectivity index (χ0) is 43.2. The third-order valence-electron chi connectivity index (χ3n) is 13.0. The van der Waals surface area contributed by atoms with Crippen LogP contribution in [0.4, 0.5) is 0 Å². The van der Waals surface area contributed by atoms with Gasteiger partial charge in [-0.1, -0.05) is 20.8 Å². The number of hydrogen-bond donors (Lipinski definition) is 5. The van der Waals surface area contributed by atoms with E-state index in [1.54, 1.807) is 41.5 Å². The highest BCUT2D eigenvalue weighted by atomic mass is 16.7. The number of ether oxygens (including phenoxy) is 7. The molecule has 15 heteroatoms. The Morgan fingerprint density at radius 3 is 2.05 bits per heavy atom. The molecule has 5 N–H and O–H groups in total. The molecule has 0 aliphatic carbocycles. The molecule has 0 bridgehead atoms. The van der Waals surface area contributed by atoms with Crippen LogP contribution in [0, 0.1) is 17.8 Å². The molecule has 4 rings (SSSR count). The number of carbonyl (C=O) groups is 1. The Hall–Kier alpha value is -1.05. The van der Waals surface area contributed by atoms with E-state index >= 15 is 0 Å². The number of aliphatic hydroxyl groups is 5. The summed E-state index contributed by atoms with van der Waals surface area (Å²) in [6, 6.07) is -0.808. The van der Waals surface area contributed by atoms with Crippen molar-refractivity contribution in [3.63, 3.8) is 0 Å². The van der Waals surface area contributed by atoms with Gasteiger partial charge in [0.1, 0.15) is 30.0 Å². The van der Waals surface area contributed by atoms with Gasteiger partial charge in [-0.25, -0.2) is 0 Å². The number of cyclic esters (lactones) is 1. The molecule has 4 fully saturated rings. The number of nitrogens with zero attached hydrogens (tertiary/aromatic N) is 2. The van der Waals surface area contributed by atoms with Crippen molar-refractivity contribution in [2.75, 3.05) is 48.0 Å². The number of rotatable bonds is 7. The zero-order valence-corrected chi connectivity index (χ0v) is 37.4. The molecule has 4 saturated heterocycles. The summed E-state index contributed by atoms with van der Waals surface area (Å²) in [7, 11) is 7.12. The first-order chi connectivity index (χ1) is 26.4. The Morgan fingerprint density at radius 1 is 0.912 bits per heavy atom. The van der Waals surface area contributed by atoms with Crippen LogP contribution in [0.1, 0.15) is 108 Å². The van der Waals surface area contributed by atoms with E-state index in [1.165, 1.54) is 26.9 Å². The second kappa shape index (κ2) is 21.2. The summed E-state index contributed by atoms with van der Waals surface area (Å²) in [4.78, 5) is 18.0. The van der Waals surface area contributed by atoms with E-state index in [1.807, 2.05) is 51.7 Å². The number of aliphatic hydroxyl groups excluding tert-OH is 3. The molecule has 0 spiro atoms. The number of hydrogen-bond acceptors (Lipinski definition) is 15. The molecule has 0 radical (unpaired) electrons. The Balaban J connectivity index is 0.00000161. The molecule has 4 heterocycles. The van der Waals surface area contributed by atoms with E-state index in [2.05, 4.69) is 0 Å². The van der Waals surface area contributed by atoms with E-state index in [0.29, 0.717) is 13.0 Å². The normalized spacial score (nSPS) is 47.4. The van der Waals surface area contributed by atoms with Gasteiger partial charge in [-0.05, 0) is 108 Å². The number of carbonyl (C=O) groups excluding carboxylic acids is 1. The maximum atomic E-state index is 14.2. The third-order valence-corrected chi connectivity index (χ3v) is 13.0. The second-order valence-electron chi connectivity index (χ2n) is 18.5. The zero-order valence-electron chi connectivity index (χ0n) is 37.4. The largest absolute Gasteiger partial charge is 0.459 e. The molecule has 57 heavy (non-hydrogen) atoms. The molecule has 0 saturated carbocycles. The van der Waals surface area contributed by atoms with Crippen LogP contribution in [-0.4, -0.2) is 180 Å². The van der Waals surface area contributed by atoms with Crippen molar-refractivity contribution < 1.29 is 63.5 Å². The minimum absolute atomic E-state index is 0.133. The molecule has 0 amide bonds. The van der Waals surface area contributed by atoms with Crippen LogP contribution >= 0.6 is 0 Å². The first kappa shape index (κ1) is 50.3. The molecular formula is C42H80N2O13. The Kier molecular flexibility index (Phi) is 18.7. The maximum absolute atomic E-state index is 14.2. The van der Waals surface area contributed by atoms with Gasteiger partial charge in [0.15, 0.2) is 12.6 Å². The highest BCUT2D eigenvalue weighted by Gasteiger charge is 2.52. The number of esters is 1. The van der Waals surface area contributed by atoms with Gasteiger partial charge in [-0.15, -0.1) is 0 Å². The van der Waals surface area contributed by atoms with Gasteiger partial charge in [-0.2, -0.15) is 0 Å². The van der Waals surface area contributed by atoms with Gasteiger partial charge in [0.2, 0.25) is 0 Å². The van der Waals surface area contributed by atoms with Crippen LogP contribution in [-0.2, 0) is 38.0 Å². The van der Waals surface area contributed by atoms with Gasteiger partial charge < -0.3 is 68.5 Å². The molecule has 0 aromatic heterocycles. The second-order valence-corrected chi connectivity index (χ2v) is 18.5. The van der Waals surface area contributed by atoms with Gasteiger partial charge in [0.05, 0.1) is 41.5 Å². The summed E-state index contributed by atoms with van der Waals surface area (Å²) in [5.41, 5.74) is -4.37. The molecule has 18 atom stereocenters. The quantitative estimate of drug-likeness (QED) is 0.236. The summed E-state index contributed by atoms with van der Waals surface area (Å²) in [6.07, 6.45) is -5.63. The molecule has 0 aromatic rings. The number of likely N-dealkylation sites (N-methyl/N-ethyl adjacent to an activating group) is 2. The van der Waals surface area contributed by atoms with Crippen molar-refractivity contribution in [1.29, 1.82) is 0 Å². The summed E-state index contributed by atoms with van der Waals surface area (Å²) < 4.78 is 42.5. The highest BCUT2D eigenvalue weighted by Crippen LogP contribution is 2.40. The summed E-state index contributed by atoms with van der Waals surface area (Å²) >= 11 is 0. The first-order valence-corrected chi connectivity index (χ1v) is 21.2. The van der Waals surface area contributed by atoms with E-state index in [4.69, 9.17) is 33.2 Å². The monoisotopic (exact) mass is 821 g/mol. The van der Waals surface area contributed by atoms with Crippen molar-refractivity contribution in [2.24, 2.45) is 17.8 Å². The lowest BCUT2D eigenvalue weighted by atomic mass is 9.77. The minimum atomic E-state index is -1.80. The van der Waals surface area contributed by atoms with Crippen LogP contribution in [0.3, 0.4) is 0 Å². The SMILES string of the molecule is C1CCOC1.CC[C@H]1OC(=O)[C@H](C)[C@@H](O[C@H]2C[C@@](C)(OC)[C@@H](O)[C@H](C)O2)[C@H](C)[C@@H](O[C@@H]2O[C@H](C)C[C@H](N(C)C)[C@H]2O)[C@](C)(O)C[C@@H](C)CN(C)[C@H](C)[C@@H](O)[C@]1(C)O. The van der Waals surface area contributed by atoms with Crippen molar-refractivity contribution in [1.82, 2.24) is 9.80 Å². The summed E-state index contributed by atoms with van der Waals surface area (Å²) in [5, 5.41) is 58.1. The van der Waals surface area contributed by atoms with Crippen LogP contribution in [0.15, 0.2) is 0 Å². The highest BCUT2D eigenvalue weighted by molar-refractivity contribution is 5.73. The van der Waals surface area contributed by atoms with Crippen LogP contribution < -0.4 is 0 Å². The first-order valence-electron chi connectivity index (χ1n) is 21.2. The molecule has 4 aliphatic rings.